The van der Waals surface area contributed by atoms with Gasteiger partial charge in [-0.2, -0.15) is 0 Å². The molecule has 2 amide bonds. The summed E-state index contributed by atoms with van der Waals surface area (Å²) < 4.78 is 43.7. The van der Waals surface area contributed by atoms with Gasteiger partial charge in [-0.1, -0.05) is 6.92 Å². The summed E-state index contributed by atoms with van der Waals surface area (Å²) in [6.07, 6.45) is -29.2. The van der Waals surface area contributed by atoms with E-state index in [2.05, 4.69) is 10.6 Å². The first kappa shape index (κ1) is 80.7. The van der Waals surface area contributed by atoms with Crippen LogP contribution in [0.25, 0.3) is 0 Å². The first-order valence-corrected chi connectivity index (χ1v) is 27.4. The fraction of sp³-hybridized carbons (Fsp3) is 0.959. The molecule has 0 aliphatic rings. The van der Waals surface area contributed by atoms with Crippen molar-refractivity contribution >= 4 is 11.8 Å². The summed E-state index contributed by atoms with van der Waals surface area (Å²) in [5, 5.41) is 202. The van der Waals surface area contributed by atoms with E-state index in [1.807, 2.05) is 0 Å². The molecule has 0 aromatic heterocycles. The molecule has 22 N–H and O–H groups in total. The molecule has 17 atom stereocenters. The Hall–Kier alpha value is -2.26. The van der Waals surface area contributed by atoms with Crippen LogP contribution in [0.4, 0.5) is 0 Å². The highest BCUT2D eigenvalue weighted by atomic mass is 16.6. The average Bonchev–Trinajstić information content (AvgIpc) is 3.50. The normalized spacial score (nSPS) is 18.5. The maximum Gasteiger partial charge on any atom is 0.223 e. The van der Waals surface area contributed by atoms with Gasteiger partial charge in [0, 0.05) is 64.7 Å². The van der Waals surface area contributed by atoms with E-state index >= 15 is 0 Å². The van der Waals surface area contributed by atoms with Crippen molar-refractivity contribution in [3.63, 3.8) is 0 Å². The summed E-state index contributed by atoms with van der Waals surface area (Å²) in [6.45, 7) is -0.549. The van der Waals surface area contributed by atoms with Crippen LogP contribution in [0.3, 0.4) is 0 Å². The second-order valence-electron chi connectivity index (χ2n) is 19.4. The second kappa shape index (κ2) is 49.7. The molecule has 0 aliphatic heterocycles. The van der Waals surface area contributed by atoms with Crippen LogP contribution in [-0.4, -0.2) is 406 Å². The monoisotopic (exact) mass is 1220 g/mol. The van der Waals surface area contributed by atoms with Gasteiger partial charge in [0.05, 0.1) is 157 Å². The van der Waals surface area contributed by atoms with Crippen molar-refractivity contribution in [2.45, 2.75) is 111 Å². The lowest BCUT2D eigenvalue weighted by Gasteiger charge is -2.33. The number of rotatable bonds is 57. The topological polar surface area (TPSA) is 543 Å². The Labute approximate surface area is 482 Å². The van der Waals surface area contributed by atoms with Gasteiger partial charge in [0.2, 0.25) is 11.8 Å². The van der Waals surface area contributed by atoms with Crippen LogP contribution in [0.1, 0.15) is 13.3 Å². The van der Waals surface area contributed by atoms with Crippen LogP contribution in [0, 0.1) is 5.92 Å². The second-order valence-corrected chi connectivity index (χ2v) is 19.4. The number of amides is 2. The molecule has 0 heterocycles. The molecule has 34 heteroatoms. The highest BCUT2D eigenvalue weighted by Gasteiger charge is 2.36. The molecule has 83 heavy (non-hydrogen) atoms. The zero-order chi connectivity index (χ0) is 62.7. The Morgan fingerprint density at radius 2 is 0.542 bits per heavy atom. The van der Waals surface area contributed by atoms with Crippen LogP contribution in [0.15, 0.2) is 0 Å². The zero-order valence-corrected chi connectivity index (χ0v) is 47.2. The van der Waals surface area contributed by atoms with Gasteiger partial charge in [-0.3, -0.25) is 19.4 Å². The number of nitrogens with one attached hydrogen (secondary N) is 2. The molecule has 0 saturated heterocycles. The van der Waals surface area contributed by atoms with Crippen molar-refractivity contribution in [1.29, 1.82) is 0 Å². The van der Waals surface area contributed by atoms with Gasteiger partial charge in [-0.15, -0.1) is 0 Å². The number of aliphatic hydroxyl groups excluding tert-OH is 20. The summed E-state index contributed by atoms with van der Waals surface area (Å²) in [4.78, 5) is 27.4. The predicted octanol–water partition coefficient (Wildman–Crippen LogP) is -13.3. The molecule has 0 spiro atoms. The predicted molar refractivity (Wildman–Crippen MR) is 284 cm³/mol. The minimum absolute atomic E-state index is 0.0121. The summed E-state index contributed by atoms with van der Waals surface area (Å²) in [6, 6.07) is 0. The van der Waals surface area contributed by atoms with Gasteiger partial charge in [-0.05, 0) is 0 Å². The lowest BCUT2D eigenvalue weighted by atomic mass is 10.0. The summed E-state index contributed by atoms with van der Waals surface area (Å²) in [7, 11) is 0. The molecule has 34 nitrogen and oxygen atoms in total. The first-order chi connectivity index (χ1) is 39.5. The Morgan fingerprint density at radius 1 is 0.325 bits per heavy atom. The third-order valence-electron chi connectivity index (χ3n) is 12.5. The van der Waals surface area contributed by atoms with Crippen LogP contribution >= 0.6 is 0 Å². The fourth-order valence-electron chi connectivity index (χ4n) is 7.29. The Bertz CT molecular complexity index is 1490. The SMILES string of the molecule is C[C@@H](CC(=O)NCCOCCOCCOCCOCCN(C[C@H](O)[C@H](O)[C@@H](O)[C@@H](O)CO)C[C@H](O)[C@@H](O)[C@H](O)[C@H](O)CO)C(=O)NCCOCCOCCOCCOCCN(C[C@H](O)[C@@H](O)[C@H](O)[C@H](O)CO)C[C@H](O)[C@@H](O)[C@H](O)[C@H](O)CO. The minimum Gasteiger partial charge on any atom is -0.394 e. The molecule has 0 fully saturated rings. The molecule has 496 valence electrons. The van der Waals surface area contributed by atoms with E-state index in [-0.39, 0.29) is 150 Å². The zero-order valence-electron chi connectivity index (χ0n) is 47.2. The first-order valence-electron chi connectivity index (χ1n) is 27.4. The van der Waals surface area contributed by atoms with E-state index in [1.54, 1.807) is 6.92 Å². The standard InChI is InChI=1S/C49H100N4O30/c1-31(49(75)51-3-7-77-11-15-81-19-21-83-17-13-79-9-5-53(25-34(60)43(69)47(73)38(64)29-56)26-35(61)44(70)48(74)39(65)30-57)22-40(66)50-2-6-76-10-14-80-18-20-82-16-12-78-8-4-52(23-32(58)41(67)45(71)36(62)27-54)24-33(59)42(68)46(72)37(63)28-55/h31-39,41-48,54-65,67-74H,2-30H2,1H3,(H,50,66)(H,51,75)/t31-,32-,33-,34-,35-,36-,37+,38+,39+,41-,42+,43+,44+,45-,46+,47+,48+/m0/s1. The highest BCUT2D eigenvalue weighted by molar-refractivity contribution is 5.85. The number of carbonyl (C=O) groups excluding carboxylic acids is 2. The molecule has 0 rings (SSSR count). The van der Waals surface area contributed by atoms with Crippen molar-refractivity contribution in [3.05, 3.63) is 0 Å². The lowest BCUT2D eigenvalue weighted by Crippen LogP contribution is -2.53. The van der Waals surface area contributed by atoms with Crippen molar-refractivity contribution in [1.82, 2.24) is 20.4 Å². The van der Waals surface area contributed by atoms with E-state index in [9.17, 15) is 91.3 Å². The summed E-state index contributed by atoms with van der Waals surface area (Å²) in [5.74, 6) is -1.28. The largest absolute Gasteiger partial charge is 0.394 e. The molecule has 0 saturated carbocycles. The molecule has 0 radical (unpaired) electrons. The number of nitrogens with zero attached hydrogens (tertiary/aromatic N) is 2. The van der Waals surface area contributed by atoms with Gasteiger partial charge in [0.1, 0.15) is 73.2 Å². The molecule has 0 unspecified atom stereocenters. The number of carbonyl (C=O) groups is 2. The van der Waals surface area contributed by atoms with Gasteiger partial charge in [-0.25, -0.2) is 0 Å². The number of ether oxygens (including phenoxy) is 8. The highest BCUT2D eigenvalue weighted by Crippen LogP contribution is 2.13. The van der Waals surface area contributed by atoms with Gasteiger partial charge >= 0.3 is 0 Å². The number of aliphatic hydroxyl groups is 20. The van der Waals surface area contributed by atoms with Crippen molar-refractivity contribution in [2.75, 3.05) is 184 Å². The Morgan fingerprint density at radius 3 is 0.795 bits per heavy atom. The molecule has 0 aliphatic carbocycles. The summed E-state index contributed by atoms with van der Waals surface area (Å²) >= 11 is 0. The lowest BCUT2D eigenvalue weighted by molar-refractivity contribution is -0.131. The smallest absolute Gasteiger partial charge is 0.223 e. The maximum atomic E-state index is 12.4. The molecular weight excluding hydrogens is 1120 g/mol. The van der Waals surface area contributed by atoms with Gasteiger partial charge in [0.25, 0.3) is 0 Å². The third-order valence-corrected chi connectivity index (χ3v) is 12.5. The maximum absolute atomic E-state index is 12.4. The van der Waals surface area contributed by atoms with Crippen molar-refractivity contribution < 1.29 is 150 Å². The van der Waals surface area contributed by atoms with Crippen LogP contribution in [-0.2, 0) is 47.5 Å². The summed E-state index contributed by atoms with van der Waals surface area (Å²) in [5.41, 5.74) is 0. The van der Waals surface area contributed by atoms with E-state index in [0.29, 0.717) is 0 Å². The minimum atomic E-state index is -1.91. The fourth-order valence-corrected chi connectivity index (χ4v) is 7.29. The Kier molecular flexibility index (Phi) is 48.3. The molecule has 0 aromatic carbocycles. The van der Waals surface area contributed by atoms with Crippen LogP contribution < -0.4 is 10.6 Å². The van der Waals surface area contributed by atoms with E-state index < -0.39 is 156 Å². The Balaban J connectivity index is 4.16. The van der Waals surface area contributed by atoms with E-state index in [4.69, 9.17) is 58.3 Å². The molecule has 0 bridgehead atoms. The number of hydrogen-bond acceptors (Lipinski definition) is 32. The molecular formula is C49H100N4O30. The number of hydrogen-bond donors (Lipinski definition) is 22. The van der Waals surface area contributed by atoms with E-state index in [1.165, 1.54) is 9.80 Å². The van der Waals surface area contributed by atoms with Crippen LogP contribution in [0.5, 0.6) is 0 Å². The van der Waals surface area contributed by atoms with Gasteiger partial charge < -0.3 is 151 Å². The molecule has 0 aromatic rings. The average molecular weight is 1230 g/mol. The van der Waals surface area contributed by atoms with E-state index in [0.717, 1.165) is 0 Å². The van der Waals surface area contributed by atoms with Crippen molar-refractivity contribution in [2.24, 2.45) is 5.92 Å². The quantitative estimate of drug-likeness (QED) is 0.0251. The van der Waals surface area contributed by atoms with Crippen molar-refractivity contribution in [3.8, 4) is 0 Å². The van der Waals surface area contributed by atoms with Gasteiger partial charge in [0.15, 0.2) is 0 Å². The third kappa shape index (κ3) is 37.3. The van der Waals surface area contributed by atoms with Crippen LogP contribution in [0.2, 0.25) is 0 Å².